The van der Waals surface area contributed by atoms with Crippen LogP contribution in [0.5, 0.6) is 5.75 Å². The van der Waals surface area contributed by atoms with Crippen LogP contribution in [0.3, 0.4) is 0 Å². The third-order valence-electron chi connectivity index (χ3n) is 6.75. The molecule has 0 bridgehead atoms. The number of para-hydroxylation sites is 1. The molecule has 40 heavy (non-hydrogen) atoms. The van der Waals surface area contributed by atoms with E-state index in [4.69, 9.17) is 14.6 Å². The monoisotopic (exact) mass is 550 g/mol. The lowest BCUT2D eigenvalue weighted by molar-refractivity contribution is 0.0571. The van der Waals surface area contributed by atoms with E-state index < -0.39 is 11.7 Å². The molecule has 2 aliphatic rings. The highest BCUT2D eigenvalue weighted by Crippen LogP contribution is 2.45. The zero-order valence-corrected chi connectivity index (χ0v) is 23.3. The Kier molecular flexibility index (Phi) is 7.23. The minimum atomic E-state index is -0.654. The average molecular weight is 551 g/mol. The maximum atomic E-state index is 13.7. The van der Waals surface area contributed by atoms with Crippen LogP contribution in [0.1, 0.15) is 44.4 Å². The fraction of sp³-hybridized carbons (Fsp3) is 0.444. The molecule has 212 valence electrons. The lowest BCUT2D eigenvalue weighted by Crippen LogP contribution is -2.50. The molecule has 5 rings (SSSR count). The first-order chi connectivity index (χ1) is 19.1. The number of nitrogens with zero attached hydrogens (tertiary/aromatic N) is 7. The average Bonchev–Trinajstić information content (AvgIpc) is 3.36. The van der Waals surface area contributed by atoms with Gasteiger partial charge < -0.3 is 24.8 Å². The summed E-state index contributed by atoms with van der Waals surface area (Å²) in [5.41, 5.74) is 2.22. The summed E-state index contributed by atoms with van der Waals surface area (Å²) in [5.74, 6) is 1.38. The topological polar surface area (TPSA) is 138 Å². The second-order valence-corrected chi connectivity index (χ2v) is 10.7. The zero-order valence-electron chi connectivity index (χ0n) is 23.3. The van der Waals surface area contributed by atoms with Gasteiger partial charge >= 0.3 is 12.1 Å². The van der Waals surface area contributed by atoms with Crippen molar-refractivity contribution in [3.05, 3.63) is 47.9 Å². The Morgan fingerprint density at radius 2 is 2.05 bits per heavy atom. The summed E-state index contributed by atoms with van der Waals surface area (Å²) in [7, 11) is 3.24. The fourth-order valence-electron chi connectivity index (χ4n) is 5.02. The van der Waals surface area contributed by atoms with Crippen LogP contribution < -0.4 is 19.9 Å². The molecule has 3 aromatic rings. The Hall–Kier alpha value is -4.39. The zero-order chi connectivity index (χ0) is 28.6. The van der Waals surface area contributed by atoms with E-state index in [1.165, 1.54) is 4.90 Å². The van der Waals surface area contributed by atoms with E-state index in [0.717, 1.165) is 11.1 Å². The summed E-state index contributed by atoms with van der Waals surface area (Å²) in [4.78, 5) is 40.8. The quantitative estimate of drug-likeness (QED) is 0.471. The summed E-state index contributed by atoms with van der Waals surface area (Å²) >= 11 is 0. The van der Waals surface area contributed by atoms with Crippen LogP contribution in [0.2, 0.25) is 0 Å². The second-order valence-electron chi connectivity index (χ2n) is 10.7. The number of methoxy groups -OCH3 is 1. The minimum Gasteiger partial charge on any atom is -0.495 e. The molecular weight excluding hydrogens is 516 g/mol. The third kappa shape index (κ3) is 5.24. The fourth-order valence-corrected chi connectivity index (χ4v) is 5.02. The van der Waals surface area contributed by atoms with Crippen molar-refractivity contribution in [1.29, 1.82) is 0 Å². The molecule has 13 heteroatoms. The van der Waals surface area contributed by atoms with Gasteiger partial charge in [-0.25, -0.2) is 14.6 Å². The van der Waals surface area contributed by atoms with Crippen LogP contribution in [0.25, 0.3) is 0 Å². The number of carbonyl (C=O) groups excluding carboxylic acids is 2. The van der Waals surface area contributed by atoms with Gasteiger partial charge in [-0.15, -0.1) is 0 Å². The van der Waals surface area contributed by atoms with E-state index in [9.17, 15) is 9.59 Å². The molecule has 0 aliphatic carbocycles. The van der Waals surface area contributed by atoms with Crippen LogP contribution in [-0.4, -0.2) is 74.8 Å². The number of ether oxygens (including phenoxy) is 2. The number of benzene rings is 1. The highest BCUT2D eigenvalue weighted by Gasteiger charge is 2.41. The molecule has 2 aromatic heterocycles. The van der Waals surface area contributed by atoms with Crippen LogP contribution in [0, 0.1) is 0 Å². The number of rotatable bonds is 6. The van der Waals surface area contributed by atoms with Crippen molar-refractivity contribution >= 4 is 35.3 Å². The number of aliphatic hydroxyl groups is 1. The van der Waals surface area contributed by atoms with Crippen molar-refractivity contribution in [2.45, 2.75) is 51.9 Å². The number of aromatic nitrogens is 4. The molecule has 0 saturated heterocycles. The van der Waals surface area contributed by atoms with Gasteiger partial charge in [-0.1, -0.05) is 12.1 Å². The van der Waals surface area contributed by atoms with E-state index in [1.807, 2.05) is 32.9 Å². The smallest absolute Gasteiger partial charge is 0.414 e. The van der Waals surface area contributed by atoms with E-state index in [-0.39, 0.29) is 18.7 Å². The number of urea groups is 1. The van der Waals surface area contributed by atoms with Gasteiger partial charge in [0, 0.05) is 37.1 Å². The Balaban J connectivity index is 1.42. The number of carbonyl (C=O) groups is 2. The first-order valence-electron chi connectivity index (χ1n) is 13.1. The standard InChI is InChI=1S/C27H34N8O5/c1-27(2,3)40-26(38)34-10-9-20(19-7-6-8-21(39-5)22(19)34)35-15-17-13-28-24(31-23(17)32(4)25(35)37)30-18-14-29-33(16-18)11-12-36/h6-8,13-14,16,20,36H,9-12,15H2,1-5H3,(H,28,30,31). The van der Waals surface area contributed by atoms with E-state index in [1.54, 1.807) is 53.3 Å². The van der Waals surface area contributed by atoms with Crippen molar-refractivity contribution in [3.8, 4) is 5.75 Å². The molecule has 2 N–H and O–H groups in total. The summed E-state index contributed by atoms with van der Waals surface area (Å²) in [6.45, 7) is 6.51. The molecule has 4 heterocycles. The molecule has 0 spiro atoms. The van der Waals surface area contributed by atoms with Crippen molar-refractivity contribution in [3.63, 3.8) is 0 Å². The van der Waals surface area contributed by atoms with Gasteiger partial charge in [0.25, 0.3) is 0 Å². The van der Waals surface area contributed by atoms with Gasteiger partial charge in [0.1, 0.15) is 17.2 Å². The summed E-state index contributed by atoms with van der Waals surface area (Å²) in [6, 6.07) is 5.06. The lowest BCUT2D eigenvalue weighted by Gasteiger charge is -2.43. The lowest BCUT2D eigenvalue weighted by atomic mass is 9.93. The third-order valence-corrected chi connectivity index (χ3v) is 6.75. The Morgan fingerprint density at radius 1 is 1.25 bits per heavy atom. The van der Waals surface area contributed by atoms with E-state index in [2.05, 4.69) is 20.4 Å². The highest BCUT2D eigenvalue weighted by molar-refractivity contribution is 5.95. The number of hydrogen-bond acceptors (Lipinski definition) is 9. The van der Waals surface area contributed by atoms with Crippen LogP contribution in [0.4, 0.5) is 32.7 Å². The number of fused-ring (bicyclic) bond motifs is 2. The molecule has 0 saturated carbocycles. The van der Waals surface area contributed by atoms with Gasteiger partial charge in [-0.2, -0.15) is 10.1 Å². The number of nitrogens with one attached hydrogen (secondary N) is 1. The molecule has 2 aliphatic heterocycles. The van der Waals surface area contributed by atoms with Crippen LogP contribution >= 0.6 is 0 Å². The van der Waals surface area contributed by atoms with Crippen molar-refractivity contribution in [2.75, 3.05) is 42.4 Å². The first-order valence-corrected chi connectivity index (χ1v) is 13.1. The normalized spacial score (nSPS) is 16.9. The molecule has 1 unspecified atom stereocenters. The first kappa shape index (κ1) is 27.2. The van der Waals surface area contributed by atoms with E-state index >= 15 is 0 Å². The Labute approximate surface area is 232 Å². The molecule has 1 atom stereocenters. The number of anilines is 4. The number of amides is 3. The predicted molar refractivity (Wildman–Crippen MR) is 148 cm³/mol. The second kappa shape index (κ2) is 10.6. The molecule has 1 aromatic carbocycles. The summed E-state index contributed by atoms with van der Waals surface area (Å²) in [5, 5.41) is 16.4. The van der Waals surface area contributed by atoms with Crippen LogP contribution in [-0.2, 0) is 17.8 Å². The summed E-state index contributed by atoms with van der Waals surface area (Å²) in [6.07, 6.45) is 5.13. The molecule has 13 nitrogen and oxygen atoms in total. The van der Waals surface area contributed by atoms with Gasteiger partial charge in [-0.3, -0.25) is 14.5 Å². The number of aliphatic hydroxyl groups excluding tert-OH is 1. The molecule has 3 amide bonds. The summed E-state index contributed by atoms with van der Waals surface area (Å²) < 4.78 is 12.9. The van der Waals surface area contributed by atoms with Gasteiger partial charge in [0.15, 0.2) is 0 Å². The maximum absolute atomic E-state index is 13.7. The van der Waals surface area contributed by atoms with Crippen LogP contribution in [0.15, 0.2) is 36.8 Å². The van der Waals surface area contributed by atoms with E-state index in [0.29, 0.717) is 54.9 Å². The van der Waals surface area contributed by atoms with Gasteiger partial charge in [0.05, 0.1) is 50.4 Å². The van der Waals surface area contributed by atoms with Crippen molar-refractivity contribution in [2.24, 2.45) is 0 Å². The minimum absolute atomic E-state index is 0.0167. The van der Waals surface area contributed by atoms with Gasteiger partial charge in [-0.05, 0) is 33.3 Å². The Bertz CT molecular complexity index is 1420. The molecule has 0 radical (unpaired) electrons. The SMILES string of the molecule is COc1cccc2c1N(C(=O)OC(C)(C)C)CCC2N1Cc2cnc(Nc3cnn(CCO)c3)nc2N(C)C1=O. The Morgan fingerprint density at radius 3 is 2.77 bits per heavy atom. The van der Waals surface area contributed by atoms with Crippen molar-refractivity contribution < 1.29 is 24.2 Å². The molecular formula is C27H34N8O5. The van der Waals surface area contributed by atoms with Gasteiger partial charge in [0.2, 0.25) is 5.95 Å². The highest BCUT2D eigenvalue weighted by atomic mass is 16.6. The van der Waals surface area contributed by atoms with Crippen molar-refractivity contribution in [1.82, 2.24) is 24.6 Å². The maximum Gasteiger partial charge on any atom is 0.414 e. The molecule has 0 fully saturated rings. The largest absolute Gasteiger partial charge is 0.495 e. The number of hydrogen-bond donors (Lipinski definition) is 2. The predicted octanol–water partition coefficient (Wildman–Crippen LogP) is 3.68.